The van der Waals surface area contributed by atoms with Crippen molar-refractivity contribution in [3.05, 3.63) is 109 Å². The molecule has 0 amide bonds. The predicted octanol–water partition coefficient (Wildman–Crippen LogP) is 24.2. The van der Waals surface area contributed by atoms with Crippen molar-refractivity contribution in [3.8, 4) is 0 Å². The Kier molecular flexibility index (Phi) is 66.2. The van der Waals surface area contributed by atoms with Crippen LogP contribution in [0.15, 0.2) is 109 Å². The molecule has 0 aromatic carbocycles. The van der Waals surface area contributed by atoms with Gasteiger partial charge in [0.25, 0.3) is 0 Å². The van der Waals surface area contributed by atoms with Crippen molar-refractivity contribution in [2.75, 3.05) is 13.2 Å². The molecule has 0 saturated heterocycles. The van der Waals surface area contributed by atoms with E-state index in [1.807, 2.05) is 0 Å². The van der Waals surface area contributed by atoms with E-state index < -0.39 is 6.10 Å². The van der Waals surface area contributed by atoms with Crippen LogP contribution in [0.5, 0.6) is 0 Å². The van der Waals surface area contributed by atoms with Crippen LogP contribution in [0.1, 0.15) is 335 Å². The first-order valence-electron chi connectivity index (χ1n) is 34.9. The van der Waals surface area contributed by atoms with Crippen molar-refractivity contribution in [2.45, 2.75) is 341 Å². The maximum atomic E-state index is 13.0. The summed E-state index contributed by atoms with van der Waals surface area (Å²) in [5.41, 5.74) is 0. The van der Waals surface area contributed by atoms with E-state index in [0.29, 0.717) is 19.3 Å². The van der Waals surface area contributed by atoms with Crippen LogP contribution in [0, 0.1) is 0 Å². The van der Waals surface area contributed by atoms with E-state index in [-0.39, 0.29) is 31.1 Å². The third-order valence-electron chi connectivity index (χ3n) is 15.0. The highest BCUT2D eigenvalue weighted by atomic mass is 16.6. The quantitative estimate of drug-likeness (QED) is 0.0261. The second-order valence-electron chi connectivity index (χ2n) is 23.1. The number of unbranched alkanes of at least 4 members (excludes halogenated alkanes) is 34. The topological polar surface area (TPSA) is 78.9 Å². The van der Waals surface area contributed by atoms with Crippen molar-refractivity contribution >= 4 is 17.9 Å². The first-order chi connectivity index (χ1) is 40.5. The lowest BCUT2D eigenvalue weighted by molar-refractivity contribution is -0.167. The van der Waals surface area contributed by atoms with Gasteiger partial charge >= 0.3 is 17.9 Å². The molecule has 0 rings (SSSR count). The number of carbonyl (C=O) groups is 3. The van der Waals surface area contributed by atoms with Crippen LogP contribution >= 0.6 is 0 Å². The van der Waals surface area contributed by atoms with Crippen molar-refractivity contribution in [1.29, 1.82) is 0 Å². The second-order valence-corrected chi connectivity index (χ2v) is 23.1. The van der Waals surface area contributed by atoms with Gasteiger partial charge in [0.05, 0.1) is 0 Å². The molecule has 0 spiro atoms. The van der Waals surface area contributed by atoms with Crippen molar-refractivity contribution < 1.29 is 28.6 Å². The smallest absolute Gasteiger partial charge is 0.306 e. The number of esters is 3. The van der Waals surface area contributed by atoms with Crippen LogP contribution in [0.25, 0.3) is 0 Å². The van der Waals surface area contributed by atoms with Gasteiger partial charge in [-0.25, -0.2) is 0 Å². The Morgan fingerprint density at radius 1 is 0.256 bits per heavy atom. The number of carbonyl (C=O) groups excluding carboxylic acids is 3. The van der Waals surface area contributed by atoms with Gasteiger partial charge in [-0.2, -0.15) is 0 Å². The molecule has 0 aliphatic heterocycles. The first kappa shape index (κ1) is 78.1. The lowest BCUT2D eigenvalue weighted by atomic mass is 10.0. The number of allylic oxidation sites excluding steroid dienone is 18. The first-order valence-corrected chi connectivity index (χ1v) is 34.9. The van der Waals surface area contributed by atoms with Gasteiger partial charge < -0.3 is 14.2 Å². The Labute approximate surface area is 508 Å². The van der Waals surface area contributed by atoms with E-state index in [0.717, 1.165) is 128 Å². The fourth-order valence-corrected chi connectivity index (χ4v) is 9.77. The number of ether oxygens (including phenoxy) is 3. The molecular formula is C76H130O6. The van der Waals surface area contributed by atoms with E-state index in [9.17, 15) is 14.4 Å². The van der Waals surface area contributed by atoms with Crippen molar-refractivity contribution in [3.63, 3.8) is 0 Å². The van der Waals surface area contributed by atoms with Crippen LogP contribution < -0.4 is 0 Å². The van der Waals surface area contributed by atoms with Gasteiger partial charge in [0, 0.05) is 19.3 Å². The molecule has 0 saturated carbocycles. The van der Waals surface area contributed by atoms with Crippen LogP contribution in [-0.4, -0.2) is 37.2 Å². The normalized spacial score (nSPS) is 12.8. The fraction of sp³-hybridized carbons (Fsp3) is 0.724. The molecule has 6 heteroatoms. The minimum absolute atomic E-state index is 0.0873. The lowest BCUT2D eigenvalue weighted by Gasteiger charge is -2.18. The summed E-state index contributed by atoms with van der Waals surface area (Å²) < 4.78 is 17.0. The molecule has 1 atom stereocenters. The van der Waals surface area contributed by atoms with Crippen molar-refractivity contribution in [1.82, 2.24) is 0 Å². The number of hydrogen-bond donors (Lipinski definition) is 0. The maximum absolute atomic E-state index is 13.0. The van der Waals surface area contributed by atoms with Crippen molar-refractivity contribution in [2.24, 2.45) is 0 Å². The highest BCUT2D eigenvalue weighted by Gasteiger charge is 2.19. The molecule has 0 bridgehead atoms. The zero-order valence-corrected chi connectivity index (χ0v) is 54.0. The Balaban J connectivity index is 4.38. The molecule has 0 heterocycles. The fourth-order valence-electron chi connectivity index (χ4n) is 9.77. The third kappa shape index (κ3) is 66.9. The van der Waals surface area contributed by atoms with Crippen LogP contribution in [0.2, 0.25) is 0 Å². The average molecular weight is 1140 g/mol. The predicted molar refractivity (Wildman–Crippen MR) is 357 cm³/mol. The molecule has 82 heavy (non-hydrogen) atoms. The van der Waals surface area contributed by atoms with Crippen LogP contribution in [-0.2, 0) is 28.6 Å². The highest BCUT2D eigenvalue weighted by Crippen LogP contribution is 2.16. The molecule has 0 N–H and O–H groups in total. The Bertz CT molecular complexity index is 1640. The zero-order chi connectivity index (χ0) is 59.2. The summed E-state index contributed by atoms with van der Waals surface area (Å²) in [5.74, 6) is -0.901. The molecule has 0 aliphatic carbocycles. The molecule has 0 aromatic rings. The van der Waals surface area contributed by atoms with Crippen LogP contribution in [0.3, 0.4) is 0 Å². The van der Waals surface area contributed by atoms with Gasteiger partial charge in [0.2, 0.25) is 0 Å². The minimum atomic E-state index is -0.794. The SMILES string of the molecule is CC/C=C\C/C=C\C/C=C\C/C=C\C/C=C\CCCCCCCCCC(=O)OC(COC(=O)CCCCCCC/C=C\C/C=C\CCCCCC)COC(=O)CCCCCCCCCCCCCCC/C=C\C/C=C\CCCCCCC. The zero-order valence-electron chi connectivity index (χ0n) is 54.0. The van der Waals surface area contributed by atoms with Gasteiger partial charge in [-0.3, -0.25) is 14.4 Å². The van der Waals surface area contributed by atoms with Gasteiger partial charge in [-0.1, -0.05) is 297 Å². The summed E-state index contributed by atoms with van der Waals surface area (Å²) in [6, 6.07) is 0. The Hall–Kier alpha value is -3.93. The van der Waals surface area contributed by atoms with Gasteiger partial charge in [0.1, 0.15) is 13.2 Å². The lowest BCUT2D eigenvalue weighted by Crippen LogP contribution is -2.30. The standard InChI is InChI=1S/C76H130O6/c1-4-7-10-13-16-19-22-25-28-31-33-35-37-38-40-41-43-45-48-51-54-57-60-63-66-69-75(78)81-72-73(71-80-74(77)68-65-62-59-56-53-50-47-30-27-24-21-18-15-12-9-6-3)82-76(79)70-67-64-61-58-55-52-49-46-44-42-39-36-34-32-29-26-23-20-17-14-11-8-5-2/h8,11,17,20-22,24-26,29-31,33-34,36,42,44,47,73H,4-7,9-10,12-16,18-19,23,27-28,32,35,37-41,43,45-46,48-72H2,1-3H3/b11-8-,20-17-,24-21-,25-22-,29-26-,33-31-,36-34-,44-42-,47-30-. The summed E-state index contributed by atoms with van der Waals surface area (Å²) in [6.07, 6.45) is 95.3. The van der Waals surface area contributed by atoms with Crippen LogP contribution in [0.4, 0.5) is 0 Å². The van der Waals surface area contributed by atoms with E-state index in [2.05, 4.69) is 130 Å². The molecule has 0 aliphatic rings. The summed E-state index contributed by atoms with van der Waals surface area (Å²) >= 11 is 0. The number of hydrogen-bond acceptors (Lipinski definition) is 6. The maximum Gasteiger partial charge on any atom is 0.306 e. The molecule has 0 radical (unpaired) electrons. The minimum Gasteiger partial charge on any atom is -0.462 e. The second kappa shape index (κ2) is 69.6. The number of rotatable bonds is 63. The largest absolute Gasteiger partial charge is 0.462 e. The monoisotopic (exact) mass is 1140 g/mol. The van der Waals surface area contributed by atoms with E-state index in [4.69, 9.17) is 14.2 Å². The molecular weight excluding hydrogens is 1010 g/mol. The molecule has 1 unspecified atom stereocenters. The summed E-state index contributed by atoms with van der Waals surface area (Å²) in [7, 11) is 0. The Morgan fingerprint density at radius 2 is 0.476 bits per heavy atom. The average Bonchev–Trinajstić information content (AvgIpc) is 3.47. The van der Waals surface area contributed by atoms with E-state index in [1.54, 1.807) is 0 Å². The van der Waals surface area contributed by atoms with Gasteiger partial charge in [-0.15, -0.1) is 0 Å². The molecule has 470 valence electrons. The summed E-state index contributed by atoms with van der Waals surface area (Å²) in [5, 5.41) is 0. The Morgan fingerprint density at radius 3 is 0.756 bits per heavy atom. The molecule has 6 nitrogen and oxygen atoms in total. The molecule has 0 aromatic heterocycles. The van der Waals surface area contributed by atoms with Gasteiger partial charge in [0.15, 0.2) is 6.10 Å². The molecule has 0 fully saturated rings. The summed E-state index contributed by atoms with van der Waals surface area (Å²) in [6.45, 7) is 6.51. The van der Waals surface area contributed by atoms with E-state index >= 15 is 0 Å². The van der Waals surface area contributed by atoms with Gasteiger partial charge in [-0.05, 0) is 128 Å². The summed E-state index contributed by atoms with van der Waals surface area (Å²) in [4.78, 5) is 38.5. The highest BCUT2D eigenvalue weighted by molar-refractivity contribution is 5.71. The third-order valence-corrected chi connectivity index (χ3v) is 15.0. The van der Waals surface area contributed by atoms with E-state index in [1.165, 1.54) is 167 Å².